The fourth-order valence-electron chi connectivity index (χ4n) is 0. The Hall–Kier alpha value is -0.350. The number of hydrogen-bond donors (Lipinski definition) is 1. The molecule has 0 rings (SSSR count). The van der Waals surface area contributed by atoms with Gasteiger partial charge < -0.3 is 15.0 Å². The molecule has 0 amide bonds. The molecular weight excluding hydrogens is 203 g/mol. The molecule has 0 saturated carbocycles. The summed E-state index contributed by atoms with van der Waals surface area (Å²) in [6.45, 7) is 14.9. The molecule has 0 atom stereocenters. The predicted molar refractivity (Wildman–Crippen MR) is 59.7 cm³/mol. The Kier molecular flexibility index (Phi) is 96.5. The maximum Gasteiger partial charge on any atom is 1.00 e. The molecule has 0 heterocycles. The molecule has 0 fully saturated rings. The summed E-state index contributed by atoms with van der Waals surface area (Å²) in [5.41, 5.74) is 0. The molecule has 0 aliphatic rings. The third kappa shape index (κ3) is 680. The standard InChI is InChI=1S/3C3H6.C2H4O3.Na/c3*1-3-2;3-1-2(4)5;/h3*3H,1H2,2H3;3H,1H2,(H,4,5);/q;;;;+1/p-1. The molecule has 0 aromatic carbocycles. The van der Waals surface area contributed by atoms with E-state index in [1.807, 2.05) is 20.8 Å². The van der Waals surface area contributed by atoms with E-state index in [1.54, 1.807) is 18.2 Å². The molecule has 0 saturated heterocycles. The molecule has 15 heavy (non-hydrogen) atoms. The van der Waals surface area contributed by atoms with Crippen molar-refractivity contribution in [1.29, 1.82) is 0 Å². The first-order chi connectivity index (χ1) is 6.51. The predicted octanol–water partition coefficient (Wildman–Crippen LogP) is -1.69. The van der Waals surface area contributed by atoms with E-state index in [0.29, 0.717) is 0 Å². The molecular formula is C11H21NaO3. The number of carboxylic acids is 1. The minimum Gasteiger partial charge on any atom is -0.548 e. The third-order valence-corrected chi connectivity index (χ3v) is 0.129. The van der Waals surface area contributed by atoms with Crippen LogP contribution in [0.3, 0.4) is 0 Å². The van der Waals surface area contributed by atoms with Crippen LogP contribution in [0.5, 0.6) is 0 Å². The fourth-order valence-corrected chi connectivity index (χ4v) is 0. The molecule has 0 spiro atoms. The van der Waals surface area contributed by atoms with Gasteiger partial charge in [0.15, 0.2) is 0 Å². The van der Waals surface area contributed by atoms with Crippen molar-refractivity contribution in [3.63, 3.8) is 0 Å². The number of aliphatic hydroxyl groups excluding tert-OH is 1. The normalized spacial score (nSPS) is 5.07. The average molecular weight is 224 g/mol. The summed E-state index contributed by atoms with van der Waals surface area (Å²) in [5.74, 6) is -1.44. The summed E-state index contributed by atoms with van der Waals surface area (Å²) in [5, 5.41) is 16.5. The van der Waals surface area contributed by atoms with Crippen LogP contribution < -0.4 is 34.7 Å². The van der Waals surface area contributed by atoms with Crippen LogP contribution in [0.4, 0.5) is 0 Å². The number of aliphatic carboxylic acids is 1. The van der Waals surface area contributed by atoms with Crippen molar-refractivity contribution in [2.75, 3.05) is 6.61 Å². The van der Waals surface area contributed by atoms with Gasteiger partial charge >= 0.3 is 29.6 Å². The molecule has 0 aromatic heterocycles. The molecule has 0 aliphatic heterocycles. The van der Waals surface area contributed by atoms with Gasteiger partial charge in [-0.15, -0.1) is 19.7 Å². The quantitative estimate of drug-likeness (QED) is 0.427. The first-order valence-corrected chi connectivity index (χ1v) is 4.03. The van der Waals surface area contributed by atoms with Gasteiger partial charge in [-0.25, -0.2) is 0 Å². The first kappa shape index (κ1) is 29.3. The smallest absolute Gasteiger partial charge is 0.548 e. The van der Waals surface area contributed by atoms with Gasteiger partial charge in [-0.3, -0.25) is 0 Å². The van der Waals surface area contributed by atoms with Crippen LogP contribution in [0.2, 0.25) is 0 Å². The maximum absolute atomic E-state index is 9.01. The van der Waals surface area contributed by atoms with E-state index in [2.05, 4.69) is 19.7 Å². The van der Waals surface area contributed by atoms with Gasteiger partial charge in [-0.05, 0) is 20.8 Å². The number of carbonyl (C=O) groups excluding carboxylic acids is 1. The van der Waals surface area contributed by atoms with Gasteiger partial charge in [0.2, 0.25) is 0 Å². The van der Waals surface area contributed by atoms with Crippen molar-refractivity contribution >= 4 is 5.97 Å². The van der Waals surface area contributed by atoms with Crippen LogP contribution in [0.15, 0.2) is 38.0 Å². The van der Waals surface area contributed by atoms with E-state index in [-0.39, 0.29) is 29.6 Å². The van der Waals surface area contributed by atoms with E-state index < -0.39 is 12.6 Å². The minimum absolute atomic E-state index is 0. The van der Waals surface area contributed by atoms with E-state index >= 15 is 0 Å². The second-order valence-corrected chi connectivity index (χ2v) is 1.75. The Morgan fingerprint density at radius 3 is 1.20 bits per heavy atom. The largest absolute Gasteiger partial charge is 1.00 e. The van der Waals surface area contributed by atoms with Crippen molar-refractivity contribution < 1.29 is 44.6 Å². The second kappa shape index (κ2) is 49.4. The number of allylic oxidation sites excluding steroid dienone is 3. The van der Waals surface area contributed by atoms with Crippen molar-refractivity contribution in [3.05, 3.63) is 38.0 Å². The first-order valence-electron chi connectivity index (χ1n) is 4.03. The van der Waals surface area contributed by atoms with E-state index in [1.165, 1.54) is 0 Å². The van der Waals surface area contributed by atoms with Crippen molar-refractivity contribution in [3.8, 4) is 0 Å². The Labute approximate surface area is 116 Å². The van der Waals surface area contributed by atoms with Gasteiger partial charge in [0, 0.05) is 0 Å². The van der Waals surface area contributed by atoms with Gasteiger partial charge in [0.25, 0.3) is 0 Å². The second-order valence-electron chi connectivity index (χ2n) is 1.75. The Bertz CT molecular complexity index is 120. The Morgan fingerprint density at radius 2 is 1.20 bits per heavy atom. The number of carboxylic acid groups (broad SMARTS) is 1. The van der Waals surface area contributed by atoms with Crippen LogP contribution in [0.25, 0.3) is 0 Å². The van der Waals surface area contributed by atoms with Crippen LogP contribution >= 0.6 is 0 Å². The summed E-state index contributed by atoms with van der Waals surface area (Å²) in [6.07, 6.45) is 5.25. The van der Waals surface area contributed by atoms with Gasteiger partial charge in [-0.2, -0.15) is 0 Å². The third-order valence-electron chi connectivity index (χ3n) is 0.129. The van der Waals surface area contributed by atoms with Gasteiger partial charge in [0.05, 0.1) is 12.6 Å². The Morgan fingerprint density at radius 1 is 1.13 bits per heavy atom. The molecule has 0 radical (unpaired) electrons. The van der Waals surface area contributed by atoms with Crippen LogP contribution in [0.1, 0.15) is 20.8 Å². The average Bonchev–Trinajstić information content (AvgIpc) is 2.08. The van der Waals surface area contributed by atoms with Crippen molar-refractivity contribution in [2.45, 2.75) is 20.8 Å². The summed E-state index contributed by atoms with van der Waals surface area (Å²) >= 11 is 0. The van der Waals surface area contributed by atoms with Crippen LogP contribution in [-0.4, -0.2) is 17.7 Å². The molecule has 0 bridgehead atoms. The molecule has 4 heteroatoms. The molecule has 84 valence electrons. The zero-order valence-electron chi connectivity index (χ0n) is 10.3. The topological polar surface area (TPSA) is 60.4 Å². The van der Waals surface area contributed by atoms with Gasteiger partial charge in [0.1, 0.15) is 0 Å². The van der Waals surface area contributed by atoms with E-state index in [4.69, 9.17) is 15.0 Å². The Balaban J connectivity index is -0.0000000300. The number of rotatable bonds is 1. The number of carbonyl (C=O) groups is 1. The molecule has 0 aliphatic carbocycles. The van der Waals surface area contributed by atoms with Crippen LogP contribution in [-0.2, 0) is 4.79 Å². The molecule has 1 N–H and O–H groups in total. The number of hydrogen-bond acceptors (Lipinski definition) is 3. The molecule has 0 unspecified atom stereocenters. The summed E-state index contributed by atoms with van der Waals surface area (Å²) in [6, 6.07) is 0. The van der Waals surface area contributed by atoms with Crippen LogP contribution in [0, 0.1) is 0 Å². The summed E-state index contributed by atoms with van der Waals surface area (Å²) in [4.78, 5) is 9.01. The SMILES string of the molecule is C=CC.C=CC.C=CC.O=C([O-])CO.[Na+]. The van der Waals surface area contributed by atoms with E-state index in [0.717, 1.165) is 0 Å². The zero-order valence-corrected chi connectivity index (χ0v) is 12.3. The monoisotopic (exact) mass is 224 g/mol. The van der Waals surface area contributed by atoms with Crippen molar-refractivity contribution in [1.82, 2.24) is 0 Å². The maximum atomic E-state index is 9.01. The summed E-state index contributed by atoms with van der Waals surface area (Å²) < 4.78 is 0. The number of aliphatic hydroxyl groups is 1. The molecule has 3 nitrogen and oxygen atoms in total. The van der Waals surface area contributed by atoms with Crippen molar-refractivity contribution in [2.24, 2.45) is 0 Å². The zero-order chi connectivity index (χ0) is 12.4. The molecule has 0 aromatic rings. The van der Waals surface area contributed by atoms with E-state index in [9.17, 15) is 0 Å². The summed E-state index contributed by atoms with van der Waals surface area (Å²) in [7, 11) is 0. The minimum atomic E-state index is -1.44. The van der Waals surface area contributed by atoms with Gasteiger partial charge in [-0.1, -0.05) is 18.2 Å². The fraction of sp³-hybridized carbons (Fsp3) is 0.364.